The molecule has 0 amide bonds. The van der Waals surface area contributed by atoms with E-state index in [0.29, 0.717) is 6.54 Å². The third-order valence-electron chi connectivity index (χ3n) is 2.35. The van der Waals surface area contributed by atoms with Gasteiger partial charge in [-0.25, -0.2) is 8.78 Å². The summed E-state index contributed by atoms with van der Waals surface area (Å²) in [5.74, 6) is 0. The number of rotatable bonds is 7. The quantitative estimate of drug-likeness (QED) is 0.792. The van der Waals surface area contributed by atoms with Crippen LogP contribution in [0.3, 0.4) is 0 Å². The van der Waals surface area contributed by atoms with Crippen molar-refractivity contribution in [2.24, 2.45) is 0 Å². The van der Waals surface area contributed by atoms with Crippen molar-refractivity contribution in [3.05, 3.63) is 29.6 Å². The number of pyridine rings is 1. The molecule has 1 rings (SSSR count). The molecule has 0 atom stereocenters. The highest BCUT2D eigenvalue weighted by Gasteiger charge is 2.08. The van der Waals surface area contributed by atoms with E-state index in [4.69, 9.17) is 0 Å². The van der Waals surface area contributed by atoms with Crippen molar-refractivity contribution in [2.75, 3.05) is 20.1 Å². The number of hydrogen-bond acceptors (Lipinski definition) is 3. The van der Waals surface area contributed by atoms with Crippen molar-refractivity contribution in [3.63, 3.8) is 0 Å². The third-order valence-corrected chi connectivity index (χ3v) is 2.35. The van der Waals surface area contributed by atoms with Crippen molar-refractivity contribution in [3.8, 4) is 0 Å². The second-order valence-electron chi connectivity index (χ2n) is 4.03. The van der Waals surface area contributed by atoms with E-state index in [2.05, 4.69) is 10.3 Å². The number of nitrogens with one attached hydrogen (secondary N) is 1. The number of aromatic nitrogens is 1. The first-order chi connectivity index (χ1) is 8.11. The zero-order valence-corrected chi connectivity index (χ0v) is 10.3. The van der Waals surface area contributed by atoms with Gasteiger partial charge in [0.2, 0.25) is 0 Å². The number of alkyl halides is 2. The summed E-state index contributed by atoms with van der Waals surface area (Å²) in [6.07, 6.45) is -0.512. The second-order valence-corrected chi connectivity index (χ2v) is 4.03. The molecule has 0 saturated carbocycles. The van der Waals surface area contributed by atoms with Crippen LogP contribution in [0.15, 0.2) is 18.3 Å². The van der Waals surface area contributed by atoms with Crippen LogP contribution in [-0.2, 0) is 13.1 Å². The van der Waals surface area contributed by atoms with Crippen molar-refractivity contribution in [1.29, 1.82) is 0 Å². The monoisotopic (exact) mass is 243 g/mol. The van der Waals surface area contributed by atoms with E-state index in [1.165, 1.54) is 0 Å². The zero-order valence-electron chi connectivity index (χ0n) is 10.3. The average Bonchev–Trinajstić information content (AvgIpc) is 2.27. The third kappa shape index (κ3) is 5.70. The van der Waals surface area contributed by atoms with Gasteiger partial charge in [0.1, 0.15) is 0 Å². The molecule has 5 heteroatoms. The average molecular weight is 243 g/mol. The van der Waals surface area contributed by atoms with Gasteiger partial charge in [-0.05, 0) is 25.2 Å². The maximum Gasteiger partial charge on any atom is 0.251 e. The van der Waals surface area contributed by atoms with Crippen LogP contribution in [0.2, 0.25) is 0 Å². The van der Waals surface area contributed by atoms with Crippen molar-refractivity contribution >= 4 is 0 Å². The summed E-state index contributed by atoms with van der Waals surface area (Å²) in [6.45, 7) is 3.98. The van der Waals surface area contributed by atoms with Crippen molar-refractivity contribution < 1.29 is 8.78 Å². The van der Waals surface area contributed by atoms with Gasteiger partial charge in [0.05, 0.1) is 12.2 Å². The first-order valence-corrected chi connectivity index (χ1v) is 5.73. The van der Waals surface area contributed by atoms with E-state index in [9.17, 15) is 8.78 Å². The Morgan fingerprint density at radius 2 is 2.18 bits per heavy atom. The zero-order chi connectivity index (χ0) is 12.7. The Balaban J connectivity index is 2.44. The van der Waals surface area contributed by atoms with Crippen LogP contribution in [0.25, 0.3) is 0 Å². The van der Waals surface area contributed by atoms with E-state index in [0.717, 1.165) is 24.3 Å². The molecule has 0 saturated heterocycles. The summed E-state index contributed by atoms with van der Waals surface area (Å²) in [5, 5.41) is 3.20. The highest BCUT2D eigenvalue weighted by molar-refractivity contribution is 5.13. The lowest BCUT2D eigenvalue weighted by Gasteiger charge is -2.15. The molecule has 1 aromatic heterocycles. The smallest absolute Gasteiger partial charge is 0.251 e. The standard InChI is InChI=1S/C12H19F2N3/c1-3-15-6-10-4-5-11(16-7-10)8-17(2)9-12(13)14/h4-5,7,12,15H,3,6,8-9H2,1-2H3. The molecule has 0 aliphatic heterocycles. The first kappa shape index (κ1) is 14.0. The van der Waals surface area contributed by atoms with Gasteiger partial charge in [-0.3, -0.25) is 9.88 Å². The Hall–Kier alpha value is -1.07. The minimum Gasteiger partial charge on any atom is -0.313 e. The molecule has 0 aliphatic carbocycles. The molecule has 17 heavy (non-hydrogen) atoms. The van der Waals surface area contributed by atoms with E-state index >= 15 is 0 Å². The molecule has 0 spiro atoms. The van der Waals surface area contributed by atoms with Gasteiger partial charge < -0.3 is 5.32 Å². The summed E-state index contributed by atoms with van der Waals surface area (Å²) >= 11 is 0. The molecule has 0 aromatic carbocycles. The molecule has 1 heterocycles. The summed E-state index contributed by atoms with van der Waals surface area (Å²) < 4.78 is 24.2. The molecular weight excluding hydrogens is 224 g/mol. The highest BCUT2D eigenvalue weighted by Crippen LogP contribution is 2.04. The second kappa shape index (κ2) is 7.29. The normalized spacial score (nSPS) is 11.4. The van der Waals surface area contributed by atoms with Gasteiger partial charge >= 0.3 is 0 Å². The van der Waals surface area contributed by atoms with Crippen molar-refractivity contribution in [1.82, 2.24) is 15.2 Å². The minimum absolute atomic E-state index is 0.221. The van der Waals surface area contributed by atoms with Crippen LogP contribution in [0.5, 0.6) is 0 Å². The van der Waals surface area contributed by atoms with Crippen LogP contribution < -0.4 is 5.32 Å². The molecule has 1 N–H and O–H groups in total. The fraction of sp³-hybridized carbons (Fsp3) is 0.583. The van der Waals surface area contributed by atoms with Crippen LogP contribution in [0.1, 0.15) is 18.2 Å². The van der Waals surface area contributed by atoms with Gasteiger partial charge in [0.15, 0.2) is 0 Å². The van der Waals surface area contributed by atoms with Crippen LogP contribution >= 0.6 is 0 Å². The number of halogens is 2. The summed E-state index contributed by atoms with van der Waals surface area (Å²) in [5.41, 5.74) is 1.92. The van der Waals surface area contributed by atoms with Gasteiger partial charge in [-0.2, -0.15) is 0 Å². The number of nitrogens with zero attached hydrogens (tertiary/aromatic N) is 2. The summed E-state index contributed by atoms with van der Waals surface area (Å²) in [7, 11) is 1.67. The van der Waals surface area contributed by atoms with Gasteiger partial charge in [-0.1, -0.05) is 13.0 Å². The van der Waals surface area contributed by atoms with E-state index in [1.807, 2.05) is 19.1 Å². The predicted octanol–water partition coefficient (Wildman–Crippen LogP) is 1.89. The minimum atomic E-state index is -2.30. The highest BCUT2D eigenvalue weighted by atomic mass is 19.3. The predicted molar refractivity (Wildman–Crippen MR) is 64.0 cm³/mol. The SMILES string of the molecule is CCNCc1ccc(CN(C)CC(F)F)nc1. The van der Waals surface area contributed by atoms with Crippen LogP contribution in [-0.4, -0.2) is 36.4 Å². The maximum absolute atomic E-state index is 12.1. The Kier molecular flexibility index (Phi) is 6.00. The largest absolute Gasteiger partial charge is 0.313 e. The van der Waals surface area contributed by atoms with Gasteiger partial charge in [-0.15, -0.1) is 0 Å². The Bertz CT molecular complexity index is 314. The van der Waals surface area contributed by atoms with Crippen molar-refractivity contribution in [2.45, 2.75) is 26.4 Å². The first-order valence-electron chi connectivity index (χ1n) is 5.73. The Labute approximate surface area is 101 Å². The fourth-order valence-corrected chi connectivity index (χ4v) is 1.50. The molecule has 3 nitrogen and oxygen atoms in total. The van der Waals surface area contributed by atoms with Gasteiger partial charge in [0.25, 0.3) is 6.43 Å². The molecular formula is C12H19F2N3. The lowest BCUT2D eigenvalue weighted by Crippen LogP contribution is -2.24. The molecule has 96 valence electrons. The lowest BCUT2D eigenvalue weighted by atomic mass is 10.2. The topological polar surface area (TPSA) is 28.2 Å². The molecule has 0 fully saturated rings. The van der Waals surface area contributed by atoms with E-state index < -0.39 is 6.43 Å². The van der Waals surface area contributed by atoms with Crippen LogP contribution in [0, 0.1) is 0 Å². The molecule has 0 unspecified atom stereocenters. The van der Waals surface area contributed by atoms with Crippen LogP contribution in [0.4, 0.5) is 8.78 Å². The molecule has 0 aliphatic rings. The summed E-state index contributed by atoms with van der Waals surface area (Å²) in [6, 6.07) is 3.86. The van der Waals surface area contributed by atoms with E-state index in [-0.39, 0.29) is 6.54 Å². The molecule has 0 radical (unpaired) electrons. The van der Waals surface area contributed by atoms with Gasteiger partial charge in [0, 0.05) is 19.3 Å². The van der Waals surface area contributed by atoms with E-state index in [1.54, 1.807) is 18.1 Å². The summed E-state index contributed by atoms with van der Waals surface area (Å²) in [4.78, 5) is 5.82. The Morgan fingerprint density at radius 1 is 1.41 bits per heavy atom. The molecule has 1 aromatic rings. The Morgan fingerprint density at radius 3 is 2.71 bits per heavy atom. The number of hydrogen-bond donors (Lipinski definition) is 1. The fourth-order valence-electron chi connectivity index (χ4n) is 1.50. The molecule has 0 bridgehead atoms. The maximum atomic E-state index is 12.1. The lowest BCUT2D eigenvalue weighted by molar-refractivity contribution is 0.0970.